The molecule has 0 bridgehead atoms. The van der Waals surface area contributed by atoms with E-state index in [1.165, 1.54) is 41.4 Å². The Bertz CT molecular complexity index is 1720. The minimum Gasteiger partial charge on any atom is -0.384 e. The van der Waals surface area contributed by atoms with Crippen molar-refractivity contribution in [3.8, 4) is 0 Å². The van der Waals surface area contributed by atoms with Gasteiger partial charge in [-0.3, -0.25) is 0 Å². The zero-order chi connectivity index (χ0) is 27.6. The number of ether oxygens (including phenoxy) is 1. The maximum absolute atomic E-state index is 14.2. The molecule has 4 aromatic rings. The molecule has 2 heterocycles. The molecule has 0 radical (unpaired) electrons. The van der Waals surface area contributed by atoms with Gasteiger partial charge in [-0.15, -0.1) is 0 Å². The number of benzene rings is 2. The number of nitrogens with zero attached hydrogens (tertiary/aromatic N) is 2. The predicted molar refractivity (Wildman–Crippen MR) is 148 cm³/mol. The van der Waals surface area contributed by atoms with E-state index in [2.05, 4.69) is 11.1 Å². The topological polar surface area (TPSA) is 95.3 Å². The number of aromatic nitrogens is 2. The van der Waals surface area contributed by atoms with Crippen LogP contribution in [0.2, 0.25) is 0 Å². The molecular formula is C29H29FN2O5S2. The van der Waals surface area contributed by atoms with E-state index < -0.39 is 25.7 Å². The van der Waals surface area contributed by atoms with Gasteiger partial charge in [0.05, 0.1) is 34.0 Å². The van der Waals surface area contributed by atoms with Crippen molar-refractivity contribution in [3.63, 3.8) is 0 Å². The molecule has 0 atom stereocenters. The van der Waals surface area contributed by atoms with Crippen LogP contribution in [-0.4, -0.2) is 45.3 Å². The molecule has 0 amide bonds. The van der Waals surface area contributed by atoms with Crippen LogP contribution >= 0.6 is 0 Å². The van der Waals surface area contributed by atoms with Crippen LogP contribution in [0.3, 0.4) is 0 Å². The molecule has 0 spiro atoms. The second kappa shape index (κ2) is 11.0. The van der Waals surface area contributed by atoms with Crippen molar-refractivity contribution in [3.05, 3.63) is 96.1 Å². The van der Waals surface area contributed by atoms with E-state index in [1.807, 2.05) is 0 Å². The van der Waals surface area contributed by atoms with Gasteiger partial charge in [-0.2, -0.15) is 0 Å². The van der Waals surface area contributed by atoms with Crippen LogP contribution in [0.25, 0.3) is 16.6 Å². The van der Waals surface area contributed by atoms with Gasteiger partial charge in [0, 0.05) is 18.1 Å². The molecule has 0 unspecified atom stereocenters. The van der Waals surface area contributed by atoms with Crippen molar-refractivity contribution in [2.24, 2.45) is 5.92 Å². The molecule has 1 aliphatic rings. The van der Waals surface area contributed by atoms with Crippen molar-refractivity contribution in [2.75, 3.05) is 19.5 Å². The van der Waals surface area contributed by atoms with Crippen LogP contribution in [0.1, 0.15) is 36.9 Å². The number of halogens is 1. The lowest BCUT2D eigenvalue weighted by Crippen LogP contribution is -2.16. The Hall–Kier alpha value is -3.34. The number of pyridine rings is 1. The number of methoxy groups -OCH3 is 1. The Labute approximate surface area is 227 Å². The molecule has 0 N–H and O–H groups in total. The molecule has 10 heteroatoms. The van der Waals surface area contributed by atoms with Gasteiger partial charge in [0.1, 0.15) is 5.82 Å². The zero-order valence-electron chi connectivity index (χ0n) is 21.5. The fourth-order valence-corrected chi connectivity index (χ4v) is 7.69. The smallest absolute Gasteiger partial charge is 0.269 e. The molecule has 2 aromatic carbocycles. The molecule has 0 saturated heterocycles. The molecule has 1 fully saturated rings. The van der Waals surface area contributed by atoms with Gasteiger partial charge >= 0.3 is 0 Å². The first kappa shape index (κ1) is 27.2. The first-order valence-corrected chi connectivity index (χ1v) is 15.8. The summed E-state index contributed by atoms with van der Waals surface area (Å²) in [7, 11) is -6.21. The quantitative estimate of drug-likeness (QED) is 0.266. The average Bonchev–Trinajstić information content (AvgIpc) is 3.59. The zero-order valence-corrected chi connectivity index (χ0v) is 23.1. The number of rotatable bonds is 9. The van der Waals surface area contributed by atoms with Gasteiger partial charge in [0.2, 0.25) is 0 Å². The van der Waals surface area contributed by atoms with E-state index in [0.717, 1.165) is 31.9 Å². The van der Waals surface area contributed by atoms with Gasteiger partial charge in [-0.1, -0.05) is 49.2 Å². The van der Waals surface area contributed by atoms with Crippen molar-refractivity contribution < 1.29 is 26.0 Å². The normalized spacial score (nSPS) is 15.3. The van der Waals surface area contributed by atoms with E-state index in [1.54, 1.807) is 36.4 Å². The highest BCUT2D eigenvalue weighted by Crippen LogP contribution is 2.36. The lowest BCUT2D eigenvalue weighted by Gasteiger charge is -2.16. The molecule has 1 saturated carbocycles. The highest BCUT2D eigenvalue weighted by molar-refractivity contribution is 7.91. The fourth-order valence-electron chi connectivity index (χ4n) is 5.01. The van der Waals surface area contributed by atoms with E-state index in [0.29, 0.717) is 22.2 Å². The van der Waals surface area contributed by atoms with Gasteiger partial charge in [-0.05, 0) is 60.7 Å². The Morgan fingerprint density at radius 2 is 1.69 bits per heavy atom. The molecule has 0 aliphatic heterocycles. The van der Waals surface area contributed by atoms with Crippen LogP contribution in [0.4, 0.5) is 4.39 Å². The van der Waals surface area contributed by atoms with Gasteiger partial charge in [0.25, 0.3) is 10.0 Å². The third-order valence-corrected chi connectivity index (χ3v) is 10.4. The third kappa shape index (κ3) is 5.54. The van der Waals surface area contributed by atoms with Crippen LogP contribution in [0, 0.1) is 11.7 Å². The molecule has 204 valence electrons. The molecule has 5 rings (SSSR count). The number of fused-ring (bicyclic) bond motifs is 1. The molecular weight excluding hydrogens is 539 g/mol. The summed E-state index contributed by atoms with van der Waals surface area (Å²) in [5.41, 5.74) is 1.74. The number of sulfone groups is 1. The van der Waals surface area contributed by atoms with Crippen molar-refractivity contribution in [1.82, 2.24) is 8.96 Å². The minimum atomic E-state index is -4.11. The minimum absolute atomic E-state index is 0.0784. The molecule has 2 aromatic heterocycles. The third-order valence-electron chi connectivity index (χ3n) is 7.01. The Morgan fingerprint density at radius 3 is 2.36 bits per heavy atom. The molecule has 7 nitrogen and oxygen atoms in total. The first-order chi connectivity index (χ1) is 18.7. The Morgan fingerprint density at radius 1 is 1.00 bits per heavy atom. The van der Waals surface area contributed by atoms with Crippen molar-refractivity contribution >= 4 is 36.5 Å². The predicted octanol–water partition coefficient (Wildman–Crippen LogP) is 5.45. The summed E-state index contributed by atoms with van der Waals surface area (Å²) in [5, 5.41) is 0.348. The van der Waals surface area contributed by atoms with Crippen LogP contribution < -0.4 is 0 Å². The maximum atomic E-state index is 14.2. The second-order valence-electron chi connectivity index (χ2n) is 9.64. The Balaban J connectivity index is 1.72. The second-order valence-corrected chi connectivity index (χ2v) is 13.5. The maximum Gasteiger partial charge on any atom is 0.269 e. The first-order valence-electron chi connectivity index (χ1n) is 12.7. The van der Waals surface area contributed by atoms with Crippen LogP contribution in [-0.2, 0) is 24.6 Å². The monoisotopic (exact) mass is 568 g/mol. The van der Waals surface area contributed by atoms with E-state index >= 15 is 0 Å². The van der Waals surface area contributed by atoms with E-state index in [4.69, 9.17) is 4.74 Å². The highest BCUT2D eigenvalue weighted by Gasteiger charge is 2.27. The molecule has 1 aliphatic carbocycles. The SMILES string of the molecule is COCCS(=O)(=O)c1ccc(/C(=C\C2CCCC2)c2cc3cc(F)cnc3n2S(=O)(=O)c2ccccc2)cc1. The lowest BCUT2D eigenvalue weighted by atomic mass is 9.96. The molecule has 39 heavy (non-hydrogen) atoms. The summed E-state index contributed by atoms with van der Waals surface area (Å²) >= 11 is 0. The van der Waals surface area contributed by atoms with E-state index in [9.17, 15) is 21.2 Å². The summed E-state index contributed by atoms with van der Waals surface area (Å²) < 4.78 is 73.6. The highest BCUT2D eigenvalue weighted by atomic mass is 32.2. The standard InChI is InChI=1S/C29H29FN2O5S2/c1-37-15-16-38(33,34)25-13-11-22(12-14-25)27(17-21-7-5-6-8-21)28-19-23-18-24(30)20-31-29(23)32(28)39(35,36)26-9-3-2-4-10-26/h2-4,9-14,17-21H,5-8,15-16H2,1H3/b27-17+. The average molecular weight is 569 g/mol. The van der Waals surface area contributed by atoms with Crippen molar-refractivity contribution in [1.29, 1.82) is 0 Å². The summed E-state index contributed by atoms with van der Waals surface area (Å²) in [5.74, 6) is -0.495. The largest absolute Gasteiger partial charge is 0.384 e. The van der Waals surface area contributed by atoms with Crippen LogP contribution in [0.15, 0.2) is 88.8 Å². The van der Waals surface area contributed by atoms with Gasteiger partial charge < -0.3 is 4.74 Å². The van der Waals surface area contributed by atoms with Gasteiger partial charge in [0.15, 0.2) is 15.5 Å². The summed E-state index contributed by atoms with van der Waals surface area (Å²) in [4.78, 5) is 4.40. The number of allylic oxidation sites excluding steroid dienone is 1. The summed E-state index contributed by atoms with van der Waals surface area (Å²) in [6, 6.07) is 17.4. The summed E-state index contributed by atoms with van der Waals surface area (Å²) in [6.45, 7) is 0.0813. The van der Waals surface area contributed by atoms with Crippen molar-refractivity contribution in [2.45, 2.75) is 35.5 Å². The number of hydrogen-bond donors (Lipinski definition) is 0. The van der Waals surface area contributed by atoms with Crippen LogP contribution in [0.5, 0.6) is 0 Å². The van der Waals surface area contributed by atoms with E-state index in [-0.39, 0.29) is 33.7 Å². The van der Waals surface area contributed by atoms with Gasteiger partial charge in [-0.25, -0.2) is 30.2 Å². The lowest BCUT2D eigenvalue weighted by molar-refractivity contribution is 0.217. The Kier molecular flexibility index (Phi) is 7.70. The fraction of sp³-hybridized carbons (Fsp3) is 0.276. The summed E-state index contributed by atoms with van der Waals surface area (Å²) in [6.07, 6.45) is 7.13. The number of hydrogen-bond acceptors (Lipinski definition) is 6.